The molecule has 5 heteroatoms. The van der Waals surface area contributed by atoms with Crippen molar-refractivity contribution in [1.29, 1.82) is 0 Å². The predicted octanol–water partition coefficient (Wildman–Crippen LogP) is 3.34. The third-order valence-corrected chi connectivity index (χ3v) is 3.77. The second-order valence-corrected chi connectivity index (χ2v) is 5.66. The third-order valence-electron chi connectivity index (χ3n) is 2.77. The molecule has 1 N–H and O–H groups in total. The standard InChI is InChI=1S/C12H12BrClFNO/c13-8-3-4-9(11(15)5-8)12(17)16-6-10(14)7-1-2-7/h3-5,7,10H,1-2,6H2,(H,16,17). The second-order valence-electron chi connectivity index (χ2n) is 4.19. The van der Waals surface area contributed by atoms with Gasteiger partial charge in [-0.05, 0) is 37.0 Å². The lowest BCUT2D eigenvalue weighted by atomic mass is 10.2. The SMILES string of the molecule is O=C(NCC(Cl)C1CC1)c1ccc(Br)cc1F. The number of amides is 1. The van der Waals surface area contributed by atoms with E-state index in [0.29, 0.717) is 16.9 Å². The lowest BCUT2D eigenvalue weighted by molar-refractivity contribution is 0.0949. The zero-order valence-corrected chi connectivity index (χ0v) is 11.4. The molecule has 1 fully saturated rings. The van der Waals surface area contributed by atoms with E-state index in [2.05, 4.69) is 21.2 Å². The molecule has 0 saturated heterocycles. The highest BCUT2D eigenvalue weighted by Crippen LogP contribution is 2.35. The van der Waals surface area contributed by atoms with Crippen LogP contribution in [-0.2, 0) is 0 Å². The van der Waals surface area contributed by atoms with Crippen LogP contribution in [0, 0.1) is 11.7 Å². The van der Waals surface area contributed by atoms with Crippen LogP contribution in [0.4, 0.5) is 4.39 Å². The molecular weight excluding hydrogens is 308 g/mol. The molecule has 0 aliphatic heterocycles. The van der Waals surface area contributed by atoms with Crippen LogP contribution in [-0.4, -0.2) is 17.8 Å². The Morgan fingerprint density at radius 2 is 2.29 bits per heavy atom. The van der Waals surface area contributed by atoms with Crippen LogP contribution < -0.4 is 5.32 Å². The molecule has 2 rings (SSSR count). The van der Waals surface area contributed by atoms with E-state index in [-0.39, 0.29) is 10.9 Å². The first kappa shape index (κ1) is 12.8. The van der Waals surface area contributed by atoms with E-state index in [0.717, 1.165) is 12.8 Å². The van der Waals surface area contributed by atoms with E-state index >= 15 is 0 Å². The maximum absolute atomic E-state index is 13.5. The van der Waals surface area contributed by atoms with Crippen LogP contribution in [0.3, 0.4) is 0 Å². The summed E-state index contributed by atoms with van der Waals surface area (Å²) < 4.78 is 14.1. The maximum atomic E-state index is 13.5. The van der Waals surface area contributed by atoms with Crippen molar-refractivity contribution in [3.63, 3.8) is 0 Å². The fourth-order valence-corrected chi connectivity index (χ4v) is 2.25. The summed E-state index contributed by atoms with van der Waals surface area (Å²) in [7, 11) is 0. The molecule has 0 aromatic heterocycles. The Bertz CT molecular complexity index is 437. The van der Waals surface area contributed by atoms with Gasteiger partial charge in [0.1, 0.15) is 5.82 Å². The van der Waals surface area contributed by atoms with Gasteiger partial charge in [0.05, 0.1) is 10.9 Å². The molecule has 0 spiro atoms. The van der Waals surface area contributed by atoms with Crippen molar-refractivity contribution in [2.75, 3.05) is 6.54 Å². The first-order valence-electron chi connectivity index (χ1n) is 5.45. The molecule has 0 bridgehead atoms. The first-order chi connectivity index (χ1) is 8.08. The van der Waals surface area contributed by atoms with E-state index in [4.69, 9.17) is 11.6 Å². The normalized spacial score (nSPS) is 16.6. The van der Waals surface area contributed by atoms with Gasteiger partial charge in [-0.1, -0.05) is 15.9 Å². The molecule has 0 radical (unpaired) electrons. The molecule has 1 unspecified atom stereocenters. The highest BCUT2D eigenvalue weighted by atomic mass is 79.9. The van der Waals surface area contributed by atoms with Crippen LogP contribution in [0.15, 0.2) is 22.7 Å². The summed E-state index contributed by atoms with van der Waals surface area (Å²) >= 11 is 9.20. The summed E-state index contributed by atoms with van der Waals surface area (Å²) in [6.45, 7) is 0.389. The van der Waals surface area contributed by atoms with Gasteiger partial charge in [0.25, 0.3) is 5.91 Å². The zero-order chi connectivity index (χ0) is 12.4. The Labute approximate surface area is 113 Å². The minimum Gasteiger partial charge on any atom is -0.350 e. The minimum absolute atomic E-state index is 0.0440. The topological polar surface area (TPSA) is 29.1 Å². The smallest absolute Gasteiger partial charge is 0.254 e. The number of carbonyl (C=O) groups is 1. The average Bonchev–Trinajstić information content (AvgIpc) is 3.09. The Morgan fingerprint density at radius 3 is 2.88 bits per heavy atom. The molecule has 1 aromatic rings. The van der Waals surface area contributed by atoms with Crippen molar-refractivity contribution < 1.29 is 9.18 Å². The molecule has 2 nitrogen and oxygen atoms in total. The van der Waals surface area contributed by atoms with Gasteiger partial charge in [-0.2, -0.15) is 0 Å². The zero-order valence-electron chi connectivity index (χ0n) is 9.05. The van der Waals surface area contributed by atoms with Gasteiger partial charge in [0.2, 0.25) is 0 Å². The molecule has 92 valence electrons. The number of rotatable bonds is 4. The first-order valence-corrected chi connectivity index (χ1v) is 6.68. The average molecular weight is 321 g/mol. The number of nitrogens with one attached hydrogen (secondary N) is 1. The summed E-state index contributed by atoms with van der Waals surface area (Å²) in [4.78, 5) is 11.7. The Balaban J connectivity index is 1.94. The number of hydrogen-bond acceptors (Lipinski definition) is 1. The predicted molar refractivity (Wildman–Crippen MR) is 68.8 cm³/mol. The van der Waals surface area contributed by atoms with E-state index in [1.165, 1.54) is 12.1 Å². The van der Waals surface area contributed by atoms with Crippen molar-refractivity contribution >= 4 is 33.4 Å². The summed E-state index contributed by atoms with van der Waals surface area (Å²) in [5, 5.41) is 2.61. The fraction of sp³-hybridized carbons (Fsp3) is 0.417. The van der Waals surface area contributed by atoms with Crippen LogP contribution >= 0.6 is 27.5 Å². The van der Waals surface area contributed by atoms with Gasteiger partial charge in [0, 0.05) is 11.0 Å². The largest absolute Gasteiger partial charge is 0.350 e. The second kappa shape index (κ2) is 5.36. The highest BCUT2D eigenvalue weighted by molar-refractivity contribution is 9.10. The van der Waals surface area contributed by atoms with Gasteiger partial charge in [-0.15, -0.1) is 11.6 Å². The van der Waals surface area contributed by atoms with Gasteiger partial charge in [-0.3, -0.25) is 4.79 Å². The Hall–Kier alpha value is -0.610. The molecule has 17 heavy (non-hydrogen) atoms. The van der Waals surface area contributed by atoms with Crippen molar-refractivity contribution in [2.24, 2.45) is 5.92 Å². The van der Waals surface area contributed by atoms with Crippen molar-refractivity contribution in [3.8, 4) is 0 Å². The summed E-state index contributed by atoms with van der Waals surface area (Å²) in [6, 6.07) is 4.36. The Morgan fingerprint density at radius 1 is 1.59 bits per heavy atom. The summed E-state index contributed by atoms with van der Waals surface area (Å²) in [6.07, 6.45) is 2.24. The monoisotopic (exact) mass is 319 g/mol. The van der Waals surface area contributed by atoms with Crippen LogP contribution in [0.5, 0.6) is 0 Å². The maximum Gasteiger partial charge on any atom is 0.254 e. The van der Waals surface area contributed by atoms with E-state index in [9.17, 15) is 9.18 Å². The quantitative estimate of drug-likeness (QED) is 0.847. The molecule has 1 aliphatic rings. The molecule has 1 saturated carbocycles. The van der Waals surface area contributed by atoms with Crippen molar-refractivity contribution in [3.05, 3.63) is 34.1 Å². The van der Waals surface area contributed by atoms with Gasteiger partial charge in [0.15, 0.2) is 0 Å². The summed E-state index contributed by atoms with van der Waals surface area (Å²) in [5.74, 6) is -0.442. The molecular formula is C12H12BrClFNO. The number of alkyl halides is 1. The molecule has 1 atom stereocenters. The number of benzene rings is 1. The fourth-order valence-electron chi connectivity index (χ4n) is 1.58. The third kappa shape index (κ3) is 3.42. The number of halogens is 3. The van der Waals surface area contributed by atoms with Gasteiger partial charge >= 0.3 is 0 Å². The van der Waals surface area contributed by atoms with Crippen molar-refractivity contribution in [2.45, 2.75) is 18.2 Å². The highest BCUT2D eigenvalue weighted by Gasteiger charge is 2.29. The lowest BCUT2D eigenvalue weighted by Gasteiger charge is -2.10. The lowest BCUT2D eigenvalue weighted by Crippen LogP contribution is -2.31. The number of hydrogen-bond donors (Lipinski definition) is 1. The number of carbonyl (C=O) groups excluding carboxylic acids is 1. The summed E-state index contributed by atoms with van der Waals surface area (Å²) in [5.41, 5.74) is 0.0489. The molecule has 1 aliphatic carbocycles. The van der Waals surface area contributed by atoms with Crippen molar-refractivity contribution in [1.82, 2.24) is 5.32 Å². The minimum atomic E-state index is -0.533. The van der Waals surface area contributed by atoms with Gasteiger partial charge in [-0.25, -0.2) is 4.39 Å². The van der Waals surface area contributed by atoms with Crippen LogP contribution in [0.2, 0.25) is 0 Å². The van der Waals surface area contributed by atoms with Crippen LogP contribution in [0.1, 0.15) is 23.2 Å². The van der Waals surface area contributed by atoms with E-state index in [1.54, 1.807) is 6.07 Å². The molecule has 1 aromatic carbocycles. The van der Waals surface area contributed by atoms with Gasteiger partial charge < -0.3 is 5.32 Å². The Kier molecular flexibility index (Phi) is 4.05. The molecule has 0 heterocycles. The molecule has 1 amide bonds. The van der Waals surface area contributed by atoms with Crippen LogP contribution in [0.25, 0.3) is 0 Å². The van der Waals surface area contributed by atoms with E-state index in [1.807, 2.05) is 0 Å². The van der Waals surface area contributed by atoms with E-state index < -0.39 is 11.7 Å².